The van der Waals surface area contributed by atoms with E-state index in [9.17, 15) is 0 Å². The van der Waals surface area contributed by atoms with Crippen molar-refractivity contribution in [2.75, 3.05) is 5.32 Å². The SMILES string of the molecule is c1ccc(CNc2nc(-c3cccnc3)nc3sc4c(c23)CCC4)cc1. The van der Waals surface area contributed by atoms with Gasteiger partial charge in [0.15, 0.2) is 5.82 Å². The lowest BCUT2D eigenvalue weighted by Crippen LogP contribution is -2.04. The number of aryl methyl sites for hydroxylation is 2. The van der Waals surface area contributed by atoms with Gasteiger partial charge in [-0.1, -0.05) is 30.3 Å². The average Bonchev–Trinajstić information content (AvgIpc) is 3.28. The second-order valence-electron chi connectivity index (χ2n) is 6.51. The molecule has 1 aromatic carbocycles. The van der Waals surface area contributed by atoms with Crippen LogP contribution in [0.25, 0.3) is 21.6 Å². The number of nitrogens with one attached hydrogen (secondary N) is 1. The third kappa shape index (κ3) is 2.74. The van der Waals surface area contributed by atoms with Crippen LogP contribution in [0.1, 0.15) is 22.4 Å². The minimum Gasteiger partial charge on any atom is -0.365 e. The molecule has 4 nitrogen and oxygen atoms in total. The summed E-state index contributed by atoms with van der Waals surface area (Å²) in [6.07, 6.45) is 7.13. The van der Waals surface area contributed by atoms with Gasteiger partial charge in [-0.3, -0.25) is 4.98 Å². The third-order valence-electron chi connectivity index (χ3n) is 4.79. The predicted octanol–water partition coefficient (Wildman–Crippen LogP) is 4.85. The number of nitrogens with zero attached hydrogens (tertiary/aromatic N) is 3. The van der Waals surface area contributed by atoms with Crippen LogP contribution >= 0.6 is 11.3 Å². The fourth-order valence-electron chi connectivity index (χ4n) is 3.53. The number of benzene rings is 1. The Morgan fingerprint density at radius 2 is 1.92 bits per heavy atom. The Balaban J connectivity index is 1.61. The number of thiophene rings is 1. The summed E-state index contributed by atoms with van der Waals surface area (Å²) in [5, 5.41) is 4.78. The molecule has 26 heavy (non-hydrogen) atoms. The molecule has 0 fully saturated rings. The smallest absolute Gasteiger partial charge is 0.164 e. The summed E-state index contributed by atoms with van der Waals surface area (Å²) >= 11 is 1.82. The zero-order valence-corrected chi connectivity index (χ0v) is 15.1. The van der Waals surface area contributed by atoms with Crippen LogP contribution in [-0.2, 0) is 19.4 Å². The number of anilines is 1. The standard InChI is InChI=1S/C21H18N4S/c1-2-6-14(7-3-1)12-23-20-18-16-9-4-10-17(16)26-21(18)25-19(24-20)15-8-5-11-22-13-15/h1-3,5-8,11,13H,4,9-10,12H2,(H,23,24,25). The average molecular weight is 358 g/mol. The summed E-state index contributed by atoms with van der Waals surface area (Å²) in [4.78, 5) is 16.5. The maximum atomic E-state index is 4.88. The highest BCUT2D eigenvalue weighted by Crippen LogP contribution is 2.40. The van der Waals surface area contributed by atoms with Gasteiger partial charge in [-0.15, -0.1) is 11.3 Å². The van der Waals surface area contributed by atoms with Crippen molar-refractivity contribution in [1.82, 2.24) is 15.0 Å². The van der Waals surface area contributed by atoms with E-state index in [0.717, 1.165) is 41.4 Å². The molecule has 0 unspecified atom stereocenters. The fourth-order valence-corrected chi connectivity index (χ4v) is 4.79. The highest BCUT2D eigenvalue weighted by atomic mass is 32.1. The molecule has 5 heteroatoms. The zero-order chi connectivity index (χ0) is 17.3. The van der Waals surface area contributed by atoms with Gasteiger partial charge in [0.05, 0.1) is 5.39 Å². The van der Waals surface area contributed by atoms with Crippen molar-refractivity contribution >= 4 is 27.4 Å². The van der Waals surface area contributed by atoms with Gasteiger partial charge in [-0.25, -0.2) is 9.97 Å². The maximum Gasteiger partial charge on any atom is 0.164 e. The molecule has 3 aromatic heterocycles. The Labute approximate surface area is 156 Å². The molecule has 5 rings (SSSR count). The van der Waals surface area contributed by atoms with Crippen LogP contribution in [0.3, 0.4) is 0 Å². The molecule has 0 spiro atoms. The number of fused-ring (bicyclic) bond motifs is 3. The summed E-state index contributed by atoms with van der Waals surface area (Å²) in [6, 6.07) is 14.4. The first-order valence-corrected chi connectivity index (χ1v) is 9.70. The van der Waals surface area contributed by atoms with Crippen molar-refractivity contribution in [2.45, 2.75) is 25.8 Å². The van der Waals surface area contributed by atoms with E-state index >= 15 is 0 Å². The molecule has 0 atom stereocenters. The van der Waals surface area contributed by atoms with Crippen LogP contribution in [0.2, 0.25) is 0 Å². The van der Waals surface area contributed by atoms with Crippen molar-refractivity contribution in [1.29, 1.82) is 0 Å². The van der Waals surface area contributed by atoms with Gasteiger partial charge in [0.25, 0.3) is 0 Å². The second kappa shape index (κ2) is 6.50. The molecule has 128 valence electrons. The maximum absolute atomic E-state index is 4.88. The largest absolute Gasteiger partial charge is 0.365 e. The molecule has 0 saturated carbocycles. The van der Waals surface area contributed by atoms with E-state index in [4.69, 9.17) is 9.97 Å². The van der Waals surface area contributed by atoms with E-state index in [-0.39, 0.29) is 0 Å². The Bertz CT molecular complexity index is 1060. The molecular weight excluding hydrogens is 340 g/mol. The molecule has 3 heterocycles. The fraction of sp³-hybridized carbons (Fsp3) is 0.190. The first-order valence-electron chi connectivity index (χ1n) is 8.89. The summed E-state index contributed by atoms with van der Waals surface area (Å²) in [5.74, 6) is 1.68. The highest BCUT2D eigenvalue weighted by molar-refractivity contribution is 7.19. The molecule has 0 amide bonds. The van der Waals surface area contributed by atoms with Crippen LogP contribution in [0.15, 0.2) is 54.9 Å². The quantitative estimate of drug-likeness (QED) is 0.566. The second-order valence-corrected chi connectivity index (χ2v) is 7.60. The van der Waals surface area contributed by atoms with Gasteiger partial charge in [0.1, 0.15) is 10.6 Å². The monoisotopic (exact) mass is 358 g/mol. The Morgan fingerprint density at radius 3 is 2.77 bits per heavy atom. The highest BCUT2D eigenvalue weighted by Gasteiger charge is 2.22. The molecule has 0 bridgehead atoms. The number of hydrogen-bond donors (Lipinski definition) is 1. The van der Waals surface area contributed by atoms with Crippen molar-refractivity contribution in [3.05, 3.63) is 70.9 Å². The van der Waals surface area contributed by atoms with Gasteiger partial charge in [0, 0.05) is 29.4 Å². The molecular formula is C21H18N4S. The van der Waals surface area contributed by atoms with Crippen molar-refractivity contribution in [2.24, 2.45) is 0 Å². The Morgan fingerprint density at radius 1 is 1.00 bits per heavy atom. The summed E-state index contributed by atoms with van der Waals surface area (Å²) < 4.78 is 0. The van der Waals surface area contributed by atoms with E-state index in [1.165, 1.54) is 27.8 Å². The molecule has 0 radical (unpaired) electrons. The van der Waals surface area contributed by atoms with Crippen molar-refractivity contribution in [3.63, 3.8) is 0 Å². The van der Waals surface area contributed by atoms with E-state index in [0.29, 0.717) is 0 Å². The molecule has 0 aliphatic heterocycles. The van der Waals surface area contributed by atoms with Gasteiger partial charge in [-0.05, 0) is 42.5 Å². The van der Waals surface area contributed by atoms with Gasteiger partial charge in [-0.2, -0.15) is 0 Å². The summed E-state index contributed by atoms with van der Waals surface area (Å²) in [6.45, 7) is 0.754. The normalized spacial score (nSPS) is 13.1. The van der Waals surface area contributed by atoms with Crippen LogP contribution in [0.5, 0.6) is 0 Å². The van der Waals surface area contributed by atoms with Crippen LogP contribution in [0.4, 0.5) is 5.82 Å². The molecule has 1 aliphatic rings. The molecule has 1 N–H and O–H groups in total. The summed E-state index contributed by atoms with van der Waals surface area (Å²) in [5.41, 5.74) is 3.64. The lowest BCUT2D eigenvalue weighted by atomic mass is 10.1. The lowest BCUT2D eigenvalue weighted by molar-refractivity contribution is 0.917. The van der Waals surface area contributed by atoms with Crippen molar-refractivity contribution < 1.29 is 0 Å². The van der Waals surface area contributed by atoms with Gasteiger partial charge >= 0.3 is 0 Å². The molecule has 1 aliphatic carbocycles. The topological polar surface area (TPSA) is 50.7 Å². The third-order valence-corrected chi connectivity index (χ3v) is 5.97. The number of rotatable bonds is 4. The molecule has 0 saturated heterocycles. The summed E-state index contributed by atoms with van der Waals surface area (Å²) in [7, 11) is 0. The number of pyridine rings is 1. The first-order chi connectivity index (χ1) is 12.9. The predicted molar refractivity (Wildman–Crippen MR) is 106 cm³/mol. The van der Waals surface area contributed by atoms with Gasteiger partial charge < -0.3 is 5.32 Å². The minimum absolute atomic E-state index is 0.737. The van der Waals surface area contributed by atoms with Gasteiger partial charge in [0.2, 0.25) is 0 Å². The lowest BCUT2D eigenvalue weighted by Gasteiger charge is -2.10. The minimum atomic E-state index is 0.737. The van der Waals surface area contributed by atoms with Crippen LogP contribution in [-0.4, -0.2) is 15.0 Å². The first kappa shape index (κ1) is 15.5. The number of hydrogen-bond acceptors (Lipinski definition) is 5. The molecule has 4 aromatic rings. The van der Waals surface area contributed by atoms with E-state index in [1.807, 2.05) is 35.7 Å². The van der Waals surface area contributed by atoms with Crippen LogP contribution in [0, 0.1) is 0 Å². The Hall–Kier alpha value is -2.79. The zero-order valence-electron chi connectivity index (χ0n) is 14.3. The van der Waals surface area contributed by atoms with Crippen LogP contribution < -0.4 is 5.32 Å². The van der Waals surface area contributed by atoms with E-state index in [1.54, 1.807) is 6.20 Å². The number of aromatic nitrogens is 3. The Kier molecular flexibility index (Phi) is 3.87. The van der Waals surface area contributed by atoms with E-state index < -0.39 is 0 Å². The van der Waals surface area contributed by atoms with E-state index in [2.05, 4.69) is 34.6 Å². The van der Waals surface area contributed by atoms with Crippen molar-refractivity contribution in [3.8, 4) is 11.4 Å².